The molecule has 1 heterocycles. The molecule has 17 heavy (non-hydrogen) atoms. The van der Waals surface area contributed by atoms with Gasteiger partial charge < -0.3 is 9.64 Å². The van der Waals surface area contributed by atoms with Crippen LogP contribution in [0.5, 0.6) is 0 Å². The Morgan fingerprint density at radius 1 is 1.59 bits per heavy atom. The van der Waals surface area contributed by atoms with Crippen LogP contribution in [0.15, 0.2) is 0 Å². The highest BCUT2D eigenvalue weighted by atomic mass is 16.5. The highest BCUT2D eigenvalue weighted by Gasteiger charge is 2.51. The van der Waals surface area contributed by atoms with Crippen LogP contribution in [0, 0.1) is 22.7 Å². The summed E-state index contributed by atoms with van der Waals surface area (Å²) in [6, 6.07) is 1.94. The van der Waals surface area contributed by atoms with Gasteiger partial charge in [-0.2, -0.15) is 5.26 Å². The van der Waals surface area contributed by atoms with E-state index in [-0.39, 0.29) is 12.3 Å². The molecule has 1 aliphatic heterocycles. The van der Waals surface area contributed by atoms with Gasteiger partial charge in [0.25, 0.3) is 0 Å². The molecule has 2 aliphatic rings. The lowest BCUT2D eigenvalue weighted by molar-refractivity contribution is -0.129. The molecule has 0 N–H and O–H groups in total. The van der Waals surface area contributed by atoms with Gasteiger partial charge in [-0.05, 0) is 25.2 Å². The standard InChI is InChI=1S/C13H20N2O2/c1-2-17-9-11-8-15(12(16)4-7-14)10-13(11)5-3-6-13/h11H,2-6,8-10H2,1H3/t11-/m0/s1. The van der Waals surface area contributed by atoms with E-state index < -0.39 is 0 Å². The Morgan fingerprint density at radius 3 is 2.88 bits per heavy atom. The number of rotatable bonds is 4. The second-order valence-corrected chi connectivity index (χ2v) is 5.18. The van der Waals surface area contributed by atoms with Crippen molar-refractivity contribution in [2.24, 2.45) is 11.3 Å². The molecular weight excluding hydrogens is 216 g/mol. The third-order valence-corrected chi connectivity index (χ3v) is 4.27. The highest BCUT2D eigenvalue weighted by Crippen LogP contribution is 2.51. The molecule has 1 saturated heterocycles. The van der Waals surface area contributed by atoms with Gasteiger partial charge in [0.1, 0.15) is 6.42 Å². The smallest absolute Gasteiger partial charge is 0.236 e. The third kappa shape index (κ3) is 2.30. The van der Waals surface area contributed by atoms with Gasteiger partial charge in [-0.25, -0.2) is 0 Å². The van der Waals surface area contributed by atoms with Crippen LogP contribution in [0.3, 0.4) is 0 Å². The number of nitrogens with zero attached hydrogens (tertiary/aromatic N) is 2. The Bertz CT molecular complexity index is 331. The summed E-state index contributed by atoms with van der Waals surface area (Å²) >= 11 is 0. The van der Waals surface area contributed by atoms with Gasteiger partial charge in [-0.3, -0.25) is 4.79 Å². The Kier molecular flexibility index (Phi) is 3.68. The zero-order chi connectivity index (χ0) is 12.3. The number of amides is 1. The Labute approximate surface area is 103 Å². The van der Waals surface area contributed by atoms with E-state index in [0.29, 0.717) is 11.3 Å². The van der Waals surface area contributed by atoms with Crippen LogP contribution in [0.25, 0.3) is 0 Å². The Morgan fingerprint density at radius 2 is 2.35 bits per heavy atom. The first-order valence-electron chi connectivity index (χ1n) is 6.44. The molecule has 0 unspecified atom stereocenters. The molecule has 4 nitrogen and oxygen atoms in total. The molecule has 2 fully saturated rings. The van der Waals surface area contributed by atoms with Gasteiger partial charge in [-0.15, -0.1) is 0 Å². The van der Waals surface area contributed by atoms with Gasteiger partial charge in [0, 0.05) is 25.6 Å². The summed E-state index contributed by atoms with van der Waals surface area (Å²) in [6.07, 6.45) is 3.70. The summed E-state index contributed by atoms with van der Waals surface area (Å²) in [7, 11) is 0. The number of carbonyl (C=O) groups is 1. The van der Waals surface area contributed by atoms with Crippen molar-refractivity contribution in [3.63, 3.8) is 0 Å². The monoisotopic (exact) mass is 236 g/mol. The predicted octanol–water partition coefficient (Wildman–Crippen LogP) is 1.57. The van der Waals surface area contributed by atoms with Crippen molar-refractivity contribution in [2.75, 3.05) is 26.3 Å². The van der Waals surface area contributed by atoms with E-state index in [2.05, 4.69) is 0 Å². The lowest BCUT2D eigenvalue weighted by atomic mass is 9.63. The van der Waals surface area contributed by atoms with Gasteiger partial charge >= 0.3 is 0 Å². The molecule has 1 aliphatic carbocycles. The van der Waals surface area contributed by atoms with E-state index in [9.17, 15) is 4.79 Å². The molecule has 2 rings (SSSR count). The molecular formula is C13H20N2O2. The summed E-state index contributed by atoms with van der Waals surface area (Å²) in [4.78, 5) is 13.6. The maximum absolute atomic E-state index is 11.8. The van der Waals surface area contributed by atoms with Crippen LogP contribution >= 0.6 is 0 Å². The minimum Gasteiger partial charge on any atom is -0.381 e. The summed E-state index contributed by atoms with van der Waals surface area (Å²) in [5.41, 5.74) is 0.306. The van der Waals surface area contributed by atoms with Crippen LogP contribution in [0.2, 0.25) is 0 Å². The van der Waals surface area contributed by atoms with Crippen molar-refractivity contribution >= 4 is 5.91 Å². The topological polar surface area (TPSA) is 53.3 Å². The number of ether oxygens (including phenoxy) is 1. The van der Waals surface area contributed by atoms with Crippen LogP contribution < -0.4 is 0 Å². The zero-order valence-corrected chi connectivity index (χ0v) is 10.4. The van der Waals surface area contributed by atoms with Gasteiger partial charge in [0.05, 0.1) is 12.7 Å². The van der Waals surface area contributed by atoms with Crippen LogP contribution in [-0.2, 0) is 9.53 Å². The summed E-state index contributed by atoms with van der Waals surface area (Å²) < 4.78 is 5.53. The van der Waals surface area contributed by atoms with E-state index in [4.69, 9.17) is 10.00 Å². The molecule has 0 aromatic rings. The van der Waals surface area contributed by atoms with Gasteiger partial charge in [0.15, 0.2) is 0 Å². The largest absolute Gasteiger partial charge is 0.381 e. The molecule has 0 radical (unpaired) electrons. The Hall–Kier alpha value is -1.08. The fourth-order valence-corrected chi connectivity index (χ4v) is 3.09. The number of likely N-dealkylation sites (tertiary alicyclic amines) is 1. The first kappa shape index (κ1) is 12.4. The van der Waals surface area contributed by atoms with Crippen molar-refractivity contribution in [1.29, 1.82) is 5.26 Å². The Balaban J connectivity index is 1.97. The van der Waals surface area contributed by atoms with E-state index >= 15 is 0 Å². The van der Waals surface area contributed by atoms with Crippen molar-refractivity contribution in [3.8, 4) is 6.07 Å². The second kappa shape index (κ2) is 5.05. The zero-order valence-electron chi connectivity index (χ0n) is 10.4. The summed E-state index contributed by atoms with van der Waals surface area (Å²) in [6.45, 7) is 5.11. The second-order valence-electron chi connectivity index (χ2n) is 5.18. The number of hydrogen-bond donors (Lipinski definition) is 0. The molecule has 1 spiro atoms. The number of carbonyl (C=O) groups excluding carboxylic acids is 1. The first-order chi connectivity index (χ1) is 8.22. The molecule has 1 atom stereocenters. The van der Waals surface area contributed by atoms with Gasteiger partial charge in [0.2, 0.25) is 5.91 Å². The minimum absolute atomic E-state index is 0.0113. The van der Waals surface area contributed by atoms with Crippen molar-refractivity contribution < 1.29 is 9.53 Å². The van der Waals surface area contributed by atoms with Gasteiger partial charge in [-0.1, -0.05) is 6.42 Å². The third-order valence-electron chi connectivity index (χ3n) is 4.27. The van der Waals surface area contributed by atoms with E-state index in [1.165, 1.54) is 19.3 Å². The molecule has 0 aromatic carbocycles. The number of hydrogen-bond acceptors (Lipinski definition) is 3. The molecule has 1 amide bonds. The molecule has 94 valence electrons. The van der Waals surface area contributed by atoms with E-state index in [1.54, 1.807) is 0 Å². The predicted molar refractivity (Wildman–Crippen MR) is 63.1 cm³/mol. The fourth-order valence-electron chi connectivity index (χ4n) is 3.09. The van der Waals surface area contributed by atoms with Crippen molar-refractivity contribution in [2.45, 2.75) is 32.6 Å². The SMILES string of the molecule is CCOC[C@@H]1CN(C(=O)CC#N)CC12CCC2. The van der Waals surface area contributed by atoms with Crippen LogP contribution in [0.4, 0.5) is 0 Å². The quantitative estimate of drug-likeness (QED) is 0.744. The normalized spacial score (nSPS) is 25.6. The molecule has 0 aromatic heterocycles. The maximum Gasteiger partial charge on any atom is 0.236 e. The van der Waals surface area contributed by atoms with Crippen molar-refractivity contribution in [1.82, 2.24) is 4.90 Å². The lowest BCUT2D eigenvalue weighted by Gasteiger charge is -2.42. The molecule has 0 bridgehead atoms. The first-order valence-corrected chi connectivity index (χ1v) is 6.44. The van der Waals surface area contributed by atoms with Crippen LogP contribution in [0.1, 0.15) is 32.6 Å². The maximum atomic E-state index is 11.8. The highest BCUT2D eigenvalue weighted by molar-refractivity contribution is 5.78. The lowest BCUT2D eigenvalue weighted by Crippen LogP contribution is -2.39. The summed E-state index contributed by atoms with van der Waals surface area (Å²) in [5, 5.41) is 8.58. The fraction of sp³-hybridized carbons (Fsp3) is 0.846. The van der Waals surface area contributed by atoms with E-state index in [0.717, 1.165) is 26.3 Å². The van der Waals surface area contributed by atoms with Crippen molar-refractivity contribution in [3.05, 3.63) is 0 Å². The number of nitriles is 1. The summed E-state index contributed by atoms with van der Waals surface area (Å²) in [5.74, 6) is 0.455. The molecule has 4 heteroatoms. The molecule has 1 saturated carbocycles. The minimum atomic E-state index is -0.0160. The van der Waals surface area contributed by atoms with E-state index in [1.807, 2.05) is 17.9 Å². The average Bonchev–Trinajstić information content (AvgIpc) is 2.66. The average molecular weight is 236 g/mol. The van der Waals surface area contributed by atoms with Crippen LogP contribution in [-0.4, -0.2) is 37.1 Å².